The van der Waals surface area contributed by atoms with Gasteiger partial charge in [-0.1, -0.05) is 0 Å². The molecular formula is C6H4BrN3O. The molecule has 0 radical (unpaired) electrons. The molecular weight excluding hydrogens is 210 g/mol. The Labute approximate surface area is 70.6 Å². The maximum atomic E-state index is 5.33. The van der Waals surface area contributed by atoms with Crippen LogP contribution in [-0.4, -0.2) is 9.97 Å². The number of nitrogen functional groups attached to an aromatic ring is 1. The van der Waals surface area contributed by atoms with Crippen LogP contribution in [0.4, 0.5) is 6.01 Å². The van der Waals surface area contributed by atoms with Crippen molar-refractivity contribution >= 4 is 33.0 Å². The molecule has 0 aromatic carbocycles. The van der Waals surface area contributed by atoms with Crippen LogP contribution in [0.2, 0.25) is 0 Å². The predicted molar refractivity (Wildman–Crippen MR) is 43.9 cm³/mol. The Morgan fingerprint density at radius 1 is 1.45 bits per heavy atom. The Morgan fingerprint density at radius 2 is 2.27 bits per heavy atom. The molecule has 0 aliphatic heterocycles. The zero-order chi connectivity index (χ0) is 7.84. The first kappa shape index (κ1) is 6.60. The normalized spacial score (nSPS) is 10.6. The maximum Gasteiger partial charge on any atom is 0.293 e. The first-order valence-electron chi connectivity index (χ1n) is 2.93. The molecule has 0 bridgehead atoms. The van der Waals surface area contributed by atoms with Gasteiger partial charge in [0.25, 0.3) is 6.01 Å². The maximum absolute atomic E-state index is 5.33. The average Bonchev–Trinajstić information content (AvgIpc) is 2.31. The third-order valence-corrected chi connectivity index (χ3v) is 1.84. The number of oxazole rings is 1. The largest absolute Gasteiger partial charge is 0.422 e. The van der Waals surface area contributed by atoms with Gasteiger partial charge in [-0.25, -0.2) is 0 Å². The summed E-state index contributed by atoms with van der Waals surface area (Å²) in [5, 5.41) is 0. The molecule has 0 atom stereocenters. The molecule has 0 amide bonds. The number of aromatic nitrogens is 2. The number of hydrogen-bond acceptors (Lipinski definition) is 4. The minimum Gasteiger partial charge on any atom is -0.422 e. The van der Waals surface area contributed by atoms with Crippen molar-refractivity contribution in [1.82, 2.24) is 9.97 Å². The lowest BCUT2D eigenvalue weighted by Crippen LogP contribution is -1.80. The van der Waals surface area contributed by atoms with Crippen LogP contribution >= 0.6 is 15.9 Å². The van der Waals surface area contributed by atoms with Crippen LogP contribution in [0.5, 0.6) is 0 Å². The summed E-state index contributed by atoms with van der Waals surface area (Å²) in [6.45, 7) is 0. The highest BCUT2D eigenvalue weighted by molar-refractivity contribution is 9.10. The zero-order valence-corrected chi connectivity index (χ0v) is 7.00. The van der Waals surface area contributed by atoms with Crippen LogP contribution in [0.15, 0.2) is 21.3 Å². The van der Waals surface area contributed by atoms with Crippen LogP contribution in [0, 0.1) is 0 Å². The van der Waals surface area contributed by atoms with E-state index in [1.165, 1.54) is 0 Å². The summed E-state index contributed by atoms with van der Waals surface area (Å²) in [6, 6.07) is 0.161. The molecule has 2 heterocycles. The number of nitrogens with zero attached hydrogens (tertiary/aromatic N) is 2. The molecule has 2 aromatic rings. The monoisotopic (exact) mass is 213 g/mol. The minimum atomic E-state index is 0.161. The lowest BCUT2D eigenvalue weighted by atomic mass is 10.4. The van der Waals surface area contributed by atoms with Gasteiger partial charge in [0.2, 0.25) is 0 Å². The summed E-state index contributed by atoms with van der Waals surface area (Å²) < 4.78 is 5.84. The van der Waals surface area contributed by atoms with Crippen molar-refractivity contribution in [2.24, 2.45) is 0 Å². The molecule has 2 rings (SSSR count). The molecule has 4 nitrogen and oxygen atoms in total. The highest BCUT2D eigenvalue weighted by Gasteiger charge is 2.05. The van der Waals surface area contributed by atoms with Gasteiger partial charge in [0.05, 0.1) is 10.7 Å². The van der Waals surface area contributed by atoms with E-state index in [0.29, 0.717) is 11.1 Å². The molecule has 0 unspecified atom stereocenters. The molecule has 0 saturated carbocycles. The highest BCUT2D eigenvalue weighted by Crippen LogP contribution is 2.23. The Bertz CT molecular complexity index is 398. The number of pyridine rings is 1. The van der Waals surface area contributed by atoms with Gasteiger partial charge in [0.1, 0.15) is 5.52 Å². The van der Waals surface area contributed by atoms with Crippen LogP contribution < -0.4 is 5.73 Å². The smallest absolute Gasteiger partial charge is 0.293 e. The fourth-order valence-electron chi connectivity index (χ4n) is 0.840. The Kier molecular flexibility index (Phi) is 1.32. The summed E-state index contributed by atoms with van der Waals surface area (Å²) in [7, 11) is 0. The van der Waals surface area contributed by atoms with Gasteiger partial charge in [-0.2, -0.15) is 4.98 Å². The first-order chi connectivity index (χ1) is 5.27. The molecule has 0 aliphatic rings. The van der Waals surface area contributed by atoms with Crippen LogP contribution in [0.25, 0.3) is 11.1 Å². The number of halogens is 1. The average molecular weight is 214 g/mol. The minimum absolute atomic E-state index is 0.161. The molecule has 0 fully saturated rings. The van der Waals surface area contributed by atoms with Crippen molar-refractivity contribution in [2.75, 3.05) is 5.73 Å². The predicted octanol–water partition coefficient (Wildman–Crippen LogP) is 1.57. The second kappa shape index (κ2) is 2.20. The van der Waals surface area contributed by atoms with Crippen molar-refractivity contribution in [3.63, 3.8) is 0 Å². The third kappa shape index (κ3) is 0.970. The Hall–Kier alpha value is -1.10. The van der Waals surface area contributed by atoms with E-state index in [2.05, 4.69) is 25.9 Å². The number of rotatable bonds is 0. The fourth-order valence-corrected chi connectivity index (χ4v) is 1.24. The lowest BCUT2D eigenvalue weighted by molar-refractivity contribution is 0.624. The van der Waals surface area contributed by atoms with E-state index in [1.807, 2.05) is 0 Å². The van der Waals surface area contributed by atoms with Gasteiger partial charge < -0.3 is 10.2 Å². The van der Waals surface area contributed by atoms with Gasteiger partial charge in [-0.15, -0.1) is 0 Å². The van der Waals surface area contributed by atoms with Crippen molar-refractivity contribution in [3.8, 4) is 0 Å². The van der Waals surface area contributed by atoms with Gasteiger partial charge in [-0.05, 0) is 15.9 Å². The summed E-state index contributed by atoms with van der Waals surface area (Å²) in [5.41, 5.74) is 6.63. The van der Waals surface area contributed by atoms with Crippen LogP contribution in [0.1, 0.15) is 0 Å². The second-order valence-electron chi connectivity index (χ2n) is 2.02. The molecule has 5 heteroatoms. The van der Waals surface area contributed by atoms with Crippen LogP contribution in [0.3, 0.4) is 0 Å². The quantitative estimate of drug-likeness (QED) is 0.722. The van der Waals surface area contributed by atoms with E-state index in [9.17, 15) is 0 Å². The Balaban J connectivity index is 2.90. The highest BCUT2D eigenvalue weighted by atomic mass is 79.9. The SMILES string of the molecule is Nc1nc2cncc(Br)c2o1. The van der Waals surface area contributed by atoms with Crippen molar-refractivity contribution < 1.29 is 4.42 Å². The van der Waals surface area contributed by atoms with E-state index >= 15 is 0 Å². The van der Waals surface area contributed by atoms with Crippen molar-refractivity contribution in [2.45, 2.75) is 0 Å². The topological polar surface area (TPSA) is 64.9 Å². The molecule has 56 valence electrons. The molecule has 11 heavy (non-hydrogen) atoms. The number of nitrogens with two attached hydrogens (primary N) is 1. The van der Waals surface area contributed by atoms with Crippen molar-refractivity contribution in [1.29, 1.82) is 0 Å². The Morgan fingerprint density at radius 3 is 3.00 bits per heavy atom. The molecule has 0 aliphatic carbocycles. The number of fused-ring (bicyclic) bond motifs is 1. The number of hydrogen-bond donors (Lipinski definition) is 1. The van der Waals surface area contributed by atoms with Crippen molar-refractivity contribution in [3.05, 3.63) is 16.9 Å². The van der Waals surface area contributed by atoms with E-state index in [1.54, 1.807) is 12.4 Å². The summed E-state index contributed by atoms with van der Waals surface area (Å²) in [4.78, 5) is 7.79. The van der Waals surface area contributed by atoms with E-state index in [0.717, 1.165) is 4.47 Å². The van der Waals surface area contributed by atoms with Gasteiger partial charge in [0, 0.05) is 6.20 Å². The van der Waals surface area contributed by atoms with Gasteiger partial charge in [0.15, 0.2) is 5.58 Å². The fraction of sp³-hybridized carbons (Fsp3) is 0. The molecule has 0 saturated heterocycles. The lowest BCUT2D eigenvalue weighted by Gasteiger charge is -1.86. The summed E-state index contributed by atoms with van der Waals surface area (Å²) in [5.74, 6) is 0. The molecule has 2 aromatic heterocycles. The molecule has 0 spiro atoms. The standard InChI is InChI=1S/C6H4BrN3O/c7-3-1-9-2-4-5(3)11-6(8)10-4/h1-2H,(H2,8,10). The van der Waals surface area contributed by atoms with Crippen LogP contribution in [-0.2, 0) is 0 Å². The van der Waals surface area contributed by atoms with E-state index in [-0.39, 0.29) is 6.01 Å². The summed E-state index contributed by atoms with van der Waals surface area (Å²) >= 11 is 3.26. The zero-order valence-electron chi connectivity index (χ0n) is 5.41. The van der Waals surface area contributed by atoms with E-state index in [4.69, 9.17) is 10.2 Å². The second-order valence-corrected chi connectivity index (χ2v) is 2.88. The van der Waals surface area contributed by atoms with Gasteiger partial charge >= 0.3 is 0 Å². The van der Waals surface area contributed by atoms with E-state index < -0.39 is 0 Å². The summed E-state index contributed by atoms with van der Waals surface area (Å²) in [6.07, 6.45) is 3.23. The first-order valence-corrected chi connectivity index (χ1v) is 3.72. The number of anilines is 1. The molecule has 2 N–H and O–H groups in total. The third-order valence-electron chi connectivity index (χ3n) is 1.27. The van der Waals surface area contributed by atoms with Gasteiger partial charge in [-0.3, -0.25) is 4.98 Å².